The van der Waals surface area contributed by atoms with Crippen LogP contribution in [-0.4, -0.2) is 62.0 Å². The summed E-state index contributed by atoms with van der Waals surface area (Å²) in [6.07, 6.45) is 0.243. The van der Waals surface area contributed by atoms with Crippen LogP contribution in [0, 0.1) is 6.92 Å². The largest absolute Gasteiger partial charge is 0.368 e. The molecular formula is C23H29N5O3. The molecule has 0 unspecified atom stereocenters. The smallest absolute Gasteiger partial charge is 0.319 e. The van der Waals surface area contributed by atoms with Crippen LogP contribution in [0.5, 0.6) is 0 Å². The fourth-order valence-electron chi connectivity index (χ4n) is 3.44. The summed E-state index contributed by atoms with van der Waals surface area (Å²) in [4.78, 5) is 40.3. The number of carbonyl (C=O) groups is 3. The van der Waals surface area contributed by atoms with Crippen molar-refractivity contribution in [2.24, 2.45) is 0 Å². The summed E-state index contributed by atoms with van der Waals surface area (Å²) in [6, 6.07) is 17.1. The lowest BCUT2D eigenvalue weighted by atomic mass is 10.2. The average Bonchev–Trinajstić information content (AvgIpc) is 2.78. The predicted molar refractivity (Wildman–Crippen MR) is 121 cm³/mol. The van der Waals surface area contributed by atoms with Crippen LogP contribution in [0.4, 0.5) is 16.2 Å². The Morgan fingerprint density at radius 2 is 1.65 bits per heavy atom. The molecule has 2 aromatic rings. The van der Waals surface area contributed by atoms with Gasteiger partial charge in [-0.15, -0.1) is 0 Å². The van der Waals surface area contributed by atoms with Gasteiger partial charge in [-0.2, -0.15) is 0 Å². The molecule has 8 heteroatoms. The monoisotopic (exact) mass is 423 g/mol. The van der Waals surface area contributed by atoms with E-state index in [1.807, 2.05) is 48.2 Å². The highest BCUT2D eigenvalue weighted by Gasteiger charge is 2.21. The number of hydrogen-bond donors (Lipinski definition) is 3. The van der Waals surface area contributed by atoms with Crippen molar-refractivity contribution in [2.75, 3.05) is 49.5 Å². The molecule has 0 saturated carbocycles. The number of nitrogens with one attached hydrogen (secondary N) is 3. The van der Waals surface area contributed by atoms with E-state index in [4.69, 9.17) is 0 Å². The Bertz CT molecular complexity index is 895. The van der Waals surface area contributed by atoms with E-state index in [0.717, 1.165) is 18.7 Å². The molecule has 1 aliphatic heterocycles. The molecule has 1 saturated heterocycles. The normalized spacial score (nSPS) is 13.5. The van der Waals surface area contributed by atoms with Crippen molar-refractivity contribution >= 4 is 29.2 Å². The van der Waals surface area contributed by atoms with Gasteiger partial charge in [-0.05, 0) is 36.8 Å². The first-order valence-electron chi connectivity index (χ1n) is 10.5. The molecule has 3 rings (SSSR count). The number of benzene rings is 2. The summed E-state index contributed by atoms with van der Waals surface area (Å²) in [5, 5.41) is 7.86. The first-order valence-corrected chi connectivity index (χ1v) is 10.5. The number of para-hydroxylation sites is 1. The number of rotatable bonds is 7. The molecule has 0 atom stereocenters. The minimum Gasteiger partial charge on any atom is -0.368 e. The lowest BCUT2D eigenvalue weighted by Gasteiger charge is -2.36. The number of hydrogen-bond acceptors (Lipinski definition) is 4. The highest BCUT2D eigenvalue weighted by Crippen LogP contribution is 2.15. The van der Waals surface area contributed by atoms with Crippen molar-refractivity contribution in [3.05, 3.63) is 60.2 Å². The highest BCUT2D eigenvalue weighted by molar-refractivity contribution is 5.92. The SMILES string of the molecule is Cc1cccc(NC(=O)NCC(=O)NCCC(=O)N2CCN(c3ccccc3)CC2)c1. The van der Waals surface area contributed by atoms with Crippen molar-refractivity contribution in [1.82, 2.24) is 15.5 Å². The highest BCUT2D eigenvalue weighted by atomic mass is 16.2. The molecule has 164 valence electrons. The molecule has 0 aliphatic carbocycles. The van der Waals surface area contributed by atoms with Crippen LogP contribution in [0.2, 0.25) is 0 Å². The maximum absolute atomic E-state index is 12.4. The average molecular weight is 424 g/mol. The third-order valence-corrected chi connectivity index (χ3v) is 5.10. The van der Waals surface area contributed by atoms with Crippen LogP contribution >= 0.6 is 0 Å². The van der Waals surface area contributed by atoms with E-state index in [9.17, 15) is 14.4 Å². The first kappa shape index (κ1) is 22.1. The molecule has 4 amide bonds. The molecule has 0 spiro atoms. The van der Waals surface area contributed by atoms with Crippen molar-refractivity contribution in [1.29, 1.82) is 0 Å². The van der Waals surface area contributed by atoms with Gasteiger partial charge in [0.2, 0.25) is 11.8 Å². The van der Waals surface area contributed by atoms with Gasteiger partial charge in [0, 0.05) is 50.5 Å². The van der Waals surface area contributed by atoms with Gasteiger partial charge < -0.3 is 25.8 Å². The van der Waals surface area contributed by atoms with E-state index < -0.39 is 6.03 Å². The fraction of sp³-hybridized carbons (Fsp3) is 0.348. The molecule has 8 nitrogen and oxygen atoms in total. The maximum Gasteiger partial charge on any atom is 0.319 e. The van der Waals surface area contributed by atoms with E-state index in [1.54, 1.807) is 6.07 Å². The Kier molecular flexibility index (Phi) is 7.86. The van der Waals surface area contributed by atoms with E-state index >= 15 is 0 Å². The molecule has 0 aromatic heterocycles. The number of aryl methyl sites for hydroxylation is 1. The zero-order valence-electron chi connectivity index (χ0n) is 17.8. The third-order valence-electron chi connectivity index (χ3n) is 5.10. The summed E-state index contributed by atoms with van der Waals surface area (Å²) in [6.45, 7) is 4.95. The van der Waals surface area contributed by atoms with Gasteiger partial charge in [0.15, 0.2) is 0 Å². The summed E-state index contributed by atoms with van der Waals surface area (Å²) >= 11 is 0. The van der Waals surface area contributed by atoms with Crippen LogP contribution in [0.25, 0.3) is 0 Å². The van der Waals surface area contributed by atoms with E-state index in [-0.39, 0.29) is 31.3 Å². The number of urea groups is 1. The van der Waals surface area contributed by atoms with Gasteiger partial charge in [0.1, 0.15) is 0 Å². The predicted octanol–water partition coefficient (Wildman–Crippen LogP) is 1.97. The van der Waals surface area contributed by atoms with Gasteiger partial charge in [0.25, 0.3) is 0 Å². The summed E-state index contributed by atoms with van der Waals surface area (Å²) < 4.78 is 0. The van der Waals surface area contributed by atoms with Crippen molar-refractivity contribution in [3.63, 3.8) is 0 Å². The Hall–Kier alpha value is -3.55. The van der Waals surface area contributed by atoms with Crippen molar-refractivity contribution < 1.29 is 14.4 Å². The van der Waals surface area contributed by atoms with Gasteiger partial charge in [-0.3, -0.25) is 9.59 Å². The van der Waals surface area contributed by atoms with E-state index in [1.165, 1.54) is 5.69 Å². The van der Waals surface area contributed by atoms with E-state index in [2.05, 4.69) is 33.0 Å². The van der Waals surface area contributed by atoms with Gasteiger partial charge in [-0.1, -0.05) is 30.3 Å². The zero-order valence-corrected chi connectivity index (χ0v) is 17.8. The number of anilines is 2. The van der Waals surface area contributed by atoms with Gasteiger partial charge >= 0.3 is 6.03 Å². The lowest BCUT2D eigenvalue weighted by Crippen LogP contribution is -2.49. The Labute approximate surface area is 182 Å². The molecular weight excluding hydrogens is 394 g/mol. The molecule has 1 heterocycles. The fourth-order valence-corrected chi connectivity index (χ4v) is 3.44. The number of nitrogens with zero attached hydrogens (tertiary/aromatic N) is 2. The van der Waals surface area contributed by atoms with Crippen LogP contribution < -0.4 is 20.9 Å². The zero-order chi connectivity index (χ0) is 22.1. The standard InChI is InChI=1S/C23H29N5O3/c1-18-6-5-7-19(16-18)26-23(31)25-17-21(29)24-11-10-22(30)28-14-12-27(13-15-28)20-8-3-2-4-9-20/h2-9,16H,10-15,17H2,1H3,(H,24,29)(H2,25,26,31). The van der Waals surface area contributed by atoms with Gasteiger partial charge in [-0.25, -0.2) is 4.79 Å². The quantitative estimate of drug-likeness (QED) is 0.635. The summed E-state index contributed by atoms with van der Waals surface area (Å²) in [5.74, 6) is -0.306. The Morgan fingerprint density at radius 3 is 2.35 bits per heavy atom. The third kappa shape index (κ3) is 7.02. The molecule has 31 heavy (non-hydrogen) atoms. The van der Waals surface area contributed by atoms with Crippen LogP contribution in [-0.2, 0) is 9.59 Å². The summed E-state index contributed by atoms with van der Waals surface area (Å²) in [7, 11) is 0. The second-order valence-electron chi connectivity index (χ2n) is 7.48. The molecule has 0 bridgehead atoms. The molecule has 1 fully saturated rings. The first-order chi connectivity index (χ1) is 15.0. The van der Waals surface area contributed by atoms with Crippen LogP contribution in [0.1, 0.15) is 12.0 Å². The van der Waals surface area contributed by atoms with Gasteiger partial charge in [0.05, 0.1) is 6.54 Å². The second-order valence-corrected chi connectivity index (χ2v) is 7.48. The number of amides is 4. The Balaban J connectivity index is 1.29. The molecule has 0 radical (unpaired) electrons. The number of carbonyl (C=O) groups excluding carboxylic acids is 3. The molecule has 2 aromatic carbocycles. The molecule has 1 aliphatic rings. The number of piperazine rings is 1. The van der Waals surface area contributed by atoms with Crippen LogP contribution in [0.15, 0.2) is 54.6 Å². The van der Waals surface area contributed by atoms with Crippen LogP contribution in [0.3, 0.4) is 0 Å². The maximum atomic E-state index is 12.4. The summed E-state index contributed by atoms with van der Waals surface area (Å²) in [5.41, 5.74) is 2.86. The van der Waals surface area contributed by atoms with E-state index in [0.29, 0.717) is 18.8 Å². The minimum absolute atomic E-state index is 0.0261. The Morgan fingerprint density at radius 1 is 0.903 bits per heavy atom. The minimum atomic E-state index is -0.451. The van der Waals surface area contributed by atoms with Crippen molar-refractivity contribution in [3.8, 4) is 0 Å². The lowest BCUT2D eigenvalue weighted by molar-refractivity contribution is -0.131. The molecule has 3 N–H and O–H groups in total. The topological polar surface area (TPSA) is 93.8 Å². The van der Waals surface area contributed by atoms with Crippen molar-refractivity contribution in [2.45, 2.75) is 13.3 Å². The second kappa shape index (κ2) is 11.0.